The van der Waals surface area contributed by atoms with Crippen molar-refractivity contribution in [2.45, 2.75) is 10.1 Å². The Morgan fingerprint density at radius 2 is 1.75 bits per heavy atom. The lowest BCUT2D eigenvalue weighted by atomic mass is 10.1. The van der Waals surface area contributed by atoms with Crippen molar-refractivity contribution < 1.29 is 14.3 Å². The number of esters is 1. The quantitative estimate of drug-likeness (QED) is 0.178. The molecule has 0 saturated carbocycles. The topological polar surface area (TPSA) is 80.6 Å². The van der Waals surface area contributed by atoms with E-state index in [1.54, 1.807) is 59.5 Å². The monoisotopic (exact) mass is 461 g/mol. The Hall–Kier alpha value is -3.49. The van der Waals surface area contributed by atoms with E-state index in [0.29, 0.717) is 11.1 Å². The summed E-state index contributed by atoms with van der Waals surface area (Å²) in [6.45, 7) is 0. The number of hydrogen-bond donors (Lipinski definition) is 1. The third-order valence-electron chi connectivity index (χ3n) is 4.56. The number of amides is 1. The Labute approximate surface area is 193 Å². The molecule has 0 aliphatic heterocycles. The van der Waals surface area contributed by atoms with Crippen molar-refractivity contribution in [3.05, 3.63) is 95.1 Å². The average Bonchev–Trinajstić information content (AvgIpc) is 3.26. The Morgan fingerprint density at radius 3 is 2.47 bits per heavy atom. The highest BCUT2D eigenvalue weighted by Gasteiger charge is 2.07. The molecule has 4 aromatic rings. The molecule has 0 fully saturated rings. The minimum atomic E-state index is -0.399. The lowest BCUT2D eigenvalue weighted by molar-refractivity contribution is 0.0600. The number of rotatable bonds is 7. The van der Waals surface area contributed by atoms with Crippen molar-refractivity contribution in [1.29, 1.82) is 0 Å². The number of ether oxygens (including phenoxy) is 1. The van der Waals surface area contributed by atoms with Crippen LogP contribution >= 0.6 is 23.1 Å². The van der Waals surface area contributed by atoms with Crippen molar-refractivity contribution in [1.82, 2.24) is 10.4 Å². The zero-order chi connectivity index (χ0) is 22.3. The first-order chi connectivity index (χ1) is 15.6. The van der Waals surface area contributed by atoms with Crippen LogP contribution in [0.2, 0.25) is 0 Å². The van der Waals surface area contributed by atoms with Crippen LogP contribution in [-0.4, -0.2) is 30.2 Å². The number of hydrogen-bond acceptors (Lipinski definition) is 7. The first-order valence-corrected chi connectivity index (χ1v) is 11.5. The molecule has 1 N–H and O–H groups in total. The van der Waals surface area contributed by atoms with Gasteiger partial charge in [0.25, 0.3) is 5.91 Å². The molecule has 0 unspecified atom stereocenters. The standard InChI is InChI=1S/C24H19N3O3S2/c1-30-23(29)19-12-6-16(7-13-19)14-25-27-22(28)18-10-8-17(9-11-18)15-31-24-26-20-4-2-3-5-21(20)32-24/h2-14H,15H2,1H3,(H,27,28)/b25-14+. The van der Waals surface area contributed by atoms with E-state index in [1.165, 1.54) is 18.0 Å². The molecular weight excluding hydrogens is 442 g/mol. The van der Waals surface area contributed by atoms with Crippen LogP contribution in [0.1, 0.15) is 31.8 Å². The van der Waals surface area contributed by atoms with Crippen molar-refractivity contribution in [3.63, 3.8) is 0 Å². The van der Waals surface area contributed by atoms with Crippen molar-refractivity contribution in [2.75, 3.05) is 7.11 Å². The summed E-state index contributed by atoms with van der Waals surface area (Å²) in [7, 11) is 1.33. The lowest BCUT2D eigenvalue weighted by Crippen LogP contribution is -2.17. The number of nitrogens with zero attached hydrogens (tertiary/aromatic N) is 2. The summed E-state index contributed by atoms with van der Waals surface area (Å²) < 4.78 is 6.87. The van der Waals surface area contributed by atoms with Crippen LogP contribution in [0.4, 0.5) is 0 Å². The number of hydrazone groups is 1. The van der Waals surface area contributed by atoms with Gasteiger partial charge in [-0.25, -0.2) is 15.2 Å². The number of benzene rings is 3. The van der Waals surface area contributed by atoms with Gasteiger partial charge >= 0.3 is 5.97 Å². The van der Waals surface area contributed by atoms with Crippen molar-refractivity contribution >= 4 is 51.4 Å². The van der Waals surface area contributed by atoms with Gasteiger partial charge in [-0.05, 0) is 47.5 Å². The van der Waals surface area contributed by atoms with E-state index in [2.05, 4.69) is 26.3 Å². The number of aromatic nitrogens is 1. The molecule has 1 heterocycles. The molecule has 0 atom stereocenters. The number of fused-ring (bicyclic) bond motifs is 1. The summed E-state index contributed by atoms with van der Waals surface area (Å²) in [6.07, 6.45) is 1.52. The van der Waals surface area contributed by atoms with Crippen LogP contribution in [0, 0.1) is 0 Å². The van der Waals surface area contributed by atoms with Gasteiger partial charge in [0.05, 0.1) is 29.1 Å². The summed E-state index contributed by atoms with van der Waals surface area (Å²) in [6, 6.07) is 22.3. The van der Waals surface area contributed by atoms with Gasteiger partial charge in [-0.15, -0.1) is 11.3 Å². The zero-order valence-corrected chi connectivity index (χ0v) is 18.8. The van der Waals surface area contributed by atoms with Crippen LogP contribution in [-0.2, 0) is 10.5 Å². The second-order valence-corrected chi connectivity index (χ2v) is 9.00. The van der Waals surface area contributed by atoms with Gasteiger partial charge in [-0.3, -0.25) is 4.79 Å². The van der Waals surface area contributed by atoms with E-state index in [1.807, 2.05) is 30.3 Å². The highest BCUT2D eigenvalue weighted by atomic mass is 32.2. The normalized spacial score (nSPS) is 11.0. The second-order valence-electron chi connectivity index (χ2n) is 6.75. The first kappa shape index (κ1) is 21.7. The molecule has 0 saturated heterocycles. The summed E-state index contributed by atoms with van der Waals surface area (Å²) in [4.78, 5) is 28.4. The molecule has 160 valence electrons. The second kappa shape index (κ2) is 10.2. The van der Waals surface area contributed by atoms with E-state index < -0.39 is 5.97 Å². The van der Waals surface area contributed by atoms with Gasteiger partial charge in [0, 0.05) is 11.3 Å². The Morgan fingerprint density at radius 1 is 1.03 bits per heavy atom. The molecule has 8 heteroatoms. The zero-order valence-electron chi connectivity index (χ0n) is 17.1. The number of carbonyl (C=O) groups is 2. The largest absolute Gasteiger partial charge is 0.465 e. The minimum Gasteiger partial charge on any atom is -0.465 e. The molecule has 1 amide bonds. The van der Waals surface area contributed by atoms with E-state index in [4.69, 9.17) is 0 Å². The maximum absolute atomic E-state index is 12.3. The number of nitrogens with one attached hydrogen (secondary N) is 1. The number of thiazole rings is 1. The third-order valence-corrected chi connectivity index (χ3v) is 6.81. The van der Waals surface area contributed by atoms with Crippen LogP contribution in [0.5, 0.6) is 0 Å². The first-order valence-electron chi connectivity index (χ1n) is 9.71. The van der Waals surface area contributed by atoms with Gasteiger partial charge in [-0.1, -0.05) is 48.2 Å². The van der Waals surface area contributed by atoms with Crippen LogP contribution in [0.15, 0.2) is 82.2 Å². The summed E-state index contributed by atoms with van der Waals surface area (Å²) in [5.41, 5.74) is 6.37. The molecule has 0 aliphatic carbocycles. The Balaban J connectivity index is 1.29. The SMILES string of the molecule is COC(=O)c1ccc(/C=N/NC(=O)c2ccc(CSc3nc4ccccc4s3)cc2)cc1. The van der Waals surface area contributed by atoms with E-state index >= 15 is 0 Å². The fourth-order valence-corrected chi connectivity index (χ4v) is 4.89. The van der Waals surface area contributed by atoms with Crippen molar-refractivity contribution in [3.8, 4) is 0 Å². The maximum atomic E-state index is 12.3. The lowest BCUT2D eigenvalue weighted by Gasteiger charge is -2.03. The van der Waals surface area contributed by atoms with Crippen LogP contribution < -0.4 is 5.43 Å². The molecule has 0 aliphatic rings. The van der Waals surface area contributed by atoms with Crippen molar-refractivity contribution in [2.24, 2.45) is 5.10 Å². The van der Waals surface area contributed by atoms with Gasteiger partial charge in [0.15, 0.2) is 4.34 Å². The molecule has 6 nitrogen and oxygen atoms in total. The molecule has 4 rings (SSSR count). The summed E-state index contributed by atoms with van der Waals surface area (Å²) in [5.74, 6) is 0.0862. The number of para-hydroxylation sites is 1. The molecular formula is C24H19N3O3S2. The summed E-state index contributed by atoms with van der Waals surface area (Å²) in [5, 5.41) is 3.98. The molecule has 0 bridgehead atoms. The predicted molar refractivity (Wildman–Crippen MR) is 128 cm³/mol. The average molecular weight is 462 g/mol. The Bertz CT molecular complexity index is 1230. The highest BCUT2D eigenvalue weighted by Crippen LogP contribution is 2.31. The minimum absolute atomic E-state index is 0.294. The third kappa shape index (κ3) is 5.40. The van der Waals surface area contributed by atoms with E-state index in [-0.39, 0.29) is 5.91 Å². The van der Waals surface area contributed by atoms with Crippen LogP contribution in [0.3, 0.4) is 0 Å². The number of thioether (sulfide) groups is 1. The summed E-state index contributed by atoms with van der Waals surface area (Å²) >= 11 is 3.37. The maximum Gasteiger partial charge on any atom is 0.337 e. The van der Waals surface area contributed by atoms with E-state index in [9.17, 15) is 9.59 Å². The smallest absolute Gasteiger partial charge is 0.337 e. The molecule has 0 spiro atoms. The fraction of sp³-hybridized carbons (Fsp3) is 0.0833. The van der Waals surface area contributed by atoms with Gasteiger partial charge in [-0.2, -0.15) is 5.10 Å². The van der Waals surface area contributed by atoms with Crippen LogP contribution in [0.25, 0.3) is 10.2 Å². The van der Waals surface area contributed by atoms with E-state index in [0.717, 1.165) is 26.7 Å². The van der Waals surface area contributed by atoms with Gasteiger partial charge < -0.3 is 4.74 Å². The van der Waals surface area contributed by atoms with Gasteiger partial charge in [0.1, 0.15) is 0 Å². The molecule has 0 radical (unpaired) electrons. The molecule has 3 aromatic carbocycles. The number of methoxy groups -OCH3 is 1. The van der Waals surface area contributed by atoms with Gasteiger partial charge in [0.2, 0.25) is 0 Å². The molecule has 32 heavy (non-hydrogen) atoms. The predicted octanol–water partition coefficient (Wildman–Crippen LogP) is 5.14. The highest BCUT2D eigenvalue weighted by molar-refractivity contribution is 8.00. The Kier molecular flexibility index (Phi) is 6.94. The molecule has 1 aromatic heterocycles. The number of carbonyl (C=O) groups excluding carboxylic acids is 2. The fourth-order valence-electron chi connectivity index (χ4n) is 2.86.